The summed E-state index contributed by atoms with van der Waals surface area (Å²) in [7, 11) is 0. The highest BCUT2D eigenvalue weighted by Gasteiger charge is 2.38. The standard InChI is InChI=1S/C40H38N8O6/c49-37(33(45-39(51)52)23-9-3-1-4-10-23)47-19-7-13-31(47)35-41-27-17-15-25(21-29(27)43-35)26-16-18-28-30(22-26)44-36(42-28)32-14-8-20-48(32)38(50)34(46-40(53)54)24-11-5-2-6-12-24/h1-6,9-12,15-18,21-22,31-34,45-46H,7-8,13-14,19-20H2,(H,41,43)(H,42,44)(H,51,52)(H,53,54)/t31-,32-,33+,34+/m0/s1. The molecule has 0 bridgehead atoms. The second-order valence-electron chi connectivity index (χ2n) is 13.7. The van der Waals surface area contributed by atoms with Gasteiger partial charge in [-0.1, -0.05) is 72.8 Å². The Morgan fingerprint density at radius 3 is 1.41 bits per heavy atom. The second-order valence-corrected chi connectivity index (χ2v) is 13.7. The fourth-order valence-electron chi connectivity index (χ4n) is 7.81. The van der Waals surface area contributed by atoms with Crippen LogP contribution in [-0.4, -0.2) is 77.0 Å². The lowest BCUT2D eigenvalue weighted by Crippen LogP contribution is -2.42. The number of hydrogen-bond acceptors (Lipinski definition) is 6. The Balaban J connectivity index is 1.03. The number of carbonyl (C=O) groups excluding carboxylic acids is 2. The number of nitrogens with one attached hydrogen (secondary N) is 4. The number of hydrogen-bond donors (Lipinski definition) is 6. The average molecular weight is 727 g/mol. The highest BCUT2D eigenvalue weighted by Crippen LogP contribution is 2.37. The number of nitrogens with zero attached hydrogens (tertiary/aromatic N) is 4. The molecule has 0 aliphatic carbocycles. The van der Waals surface area contributed by atoms with Crippen LogP contribution in [0.1, 0.15) is 72.6 Å². The molecule has 0 spiro atoms. The zero-order valence-electron chi connectivity index (χ0n) is 29.1. The van der Waals surface area contributed by atoms with E-state index in [1.165, 1.54) is 0 Å². The topological polar surface area (TPSA) is 197 Å². The number of aromatic amines is 2. The van der Waals surface area contributed by atoms with Gasteiger partial charge >= 0.3 is 12.2 Å². The minimum Gasteiger partial charge on any atom is -0.465 e. The first-order valence-electron chi connectivity index (χ1n) is 17.9. The second kappa shape index (κ2) is 14.4. The number of carbonyl (C=O) groups is 4. The summed E-state index contributed by atoms with van der Waals surface area (Å²) >= 11 is 0. The van der Waals surface area contributed by atoms with Crippen molar-refractivity contribution in [2.45, 2.75) is 49.9 Å². The normalized spacial score (nSPS) is 18.1. The van der Waals surface area contributed by atoms with Crippen LogP contribution in [0.15, 0.2) is 97.1 Å². The largest absolute Gasteiger partial charge is 0.465 e. The molecule has 14 heteroatoms. The van der Waals surface area contributed by atoms with Gasteiger partial charge in [-0.15, -0.1) is 0 Å². The molecule has 4 heterocycles. The molecule has 6 N–H and O–H groups in total. The SMILES string of the molecule is O=C(O)N[C@@H](C(=O)N1CCC[C@H]1c1nc2ccc(-c3ccc4nc([C@@H]5CCCN5C(=O)[C@H](NC(=O)O)c5ccccc5)[nH]c4c3)cc2[nH]1)c1ccccc1. The van der Waals surface area contributed by atoms with Gasteiger partial charge in [-0.3, -0.25) is 9.59 Å². The van der Waals surface area contributed by atoms with E-state index in [1.54, 1.807) is 58.3 Å². The highest BCUT2D eigenvalue weighted by molar-refractivity contribution is 5.89. The molecule has 2 fully saturated rings. The van der Waals surface area contributed by atoms with E-state index in [2.05, 4.69) is 20.6 Å². The van der Waals surface area contributed by atoms with Gasteiger partial charge in [-0.2, -0.15) is 0 Å². The molecule has 6 aromatic rings. The number of fused-ring (bicyclic) bond motifs is 2. The number of aromatic nitrogens is 4. The summed E-state index contributed by atoms with van der Waals surface area (Å²) in [4.78, 5) is 70.9. The molecular formula is C40H38N8O6. The lowest BCUT2D eigenvalue weighted by atomic mass is 10.0. The van der Waals surface area contributed by atoms with Crippen molar-refractivity contribution in [3.63, 3.8) is 0 Å². The first-order valence-corrected chi connectivity index (χ1v) is 17.9. The molecule has 8 rings (SSSR count). The minimum atomic E-state index is -1.27. The molecule has 2 aliphatic rings. The number of benzene rings is 4. The Morgan fingerprint density at radius 2 is 1.02 bits per heavy atom. The molecule has 0 unspecified atom stereocenters. The van der Waals surface area contributed by atoms with E-state index in [-0.39, 0.29) is 23.9 Å². The lowest BCUT2D eigenvalue weighted by molar-refractivity contribution is -0.135. The van der Waals surface area contributed by atoms with Crippen LogP contribution in [0.4, 0.5) is 9.59 Å². The van der Waals surface area contributed by atoms with Gasteiger partial charge in [0.1, 0.15) is 23.7 Å². The van der Waals surface area contributed by atoms with Gasteiger partial charge in [0.05, 0.1) is 34.2 Å². The molecule has 4 atom stereocenters. The van der Waals surface area contributed by atoms with E-state index in [1.807, 2.05) is 48.5 Å². The Labute approximate surface area is 309 Å². The van der Waals surface area contributed by atoms with Crippen LogP contribution < -0.4 is 10.6 Å². The summed E-state index contributed by atoms with van der Waals surface area (Å²) < 4.78 is 0. The van der Waals surface area contributed by atoms with Gasteiger partial charge < -0.3 is 40.6 Å². The molecule has 14 nitrogen and oxygen atoms in total. The van der Waals surface area contributed by atoms with E-state index < -0.39 is 24.3 Å². The van der Waals surface area contributed by atoms with Crippen molar-refractivity contribution in [1.29, 1.82) is 0 Å². The number of likely N-dealkylation sites (tertiary alicyclic amines) is 2. The summed E-state index contributed by atoms with van der Waals surface area (Å²) in [5.74, 6) is 0.648. The van der Waals surface area contributed by atoms with Crippen LogP contribution in [0.2, 0.25) is 0 Å². The molecule has 274 valence electrons. The quantitative estimate of drug-likeness (QED) is 0.0977. The van der Waals surface area contributed by atoms with Crippen LogP contribution in [0.3, 0.4) is 0 Å². The van der Waals surface area contributed by atoms with Crippen LogP contribution in [0.5, 0.6) is 0 Å². The maximum atomic E-state index is 13.8. The Hall–Kier alpha value is -6.70. The third-order valence-electron chi connectivity index (χ3n) is 10.3. The van der Waals surface area contributed by atoms with Crippen LogP contribution in [-0.2, 0) is 9.59 Å². The predicted octanol–water partition coefficient (Wildman–Crippen LogP) is 6.45. The third kappa shape index (κ3) is 6.69. The van der Waals surface area contributed by atoms with Crippen molar-refractivity contribution in [2.24, 2.45) is 0 Å². The van der Waals surface area contributed by atoms with E-state index in [4.69, 9.17) is 9.97 Å². The fraction of sp³-hybridized carbons (Fsp3) is 0.250. The number of rotatable bonds is 9. The molecule has 54 heavy (non-hydrogen) atoms. The van der Waals surface area contributed by atoms with E-state index in [9.17, 15) is 29.4 Å². The first kappa shape index (κ1) is 34.4. The number of amides is 4. The van der Waals surface area contributed by atoms with E-state index >= 15 is 0 Å². The van der Waals surface area contributed by atoms with Gasteiger partial charge in [0.2, 0.25) is 0 Å². The van der Waals surface area contributed by atoms with Crippen molar-refractivity contribution in [2.75, 3.05) is 13.1 Å². The van der Waals surface area contributed by atoms with E-state index in [0.29, 0.717) is 48.7 Å². The molecular weight excluding hydrogens is 688 g/mol. The van der Waals surface area contributed by atoms with Crippen LogP contribution >= 0.6 is 0 Å². The van der Waals surface area contributed by atoms with Crippen molar-refractivity contribution < 1.29 is 29.4 Å². The smallest absolute Gasteiger partial charge is 0.405 e. The van der Waals surface area contributed by atoms with Gasteiger partial charge in [0.15, 0.2) is 0 Å². The first-order chi connectivity index (χ1) is 26.2. The predicted molar refractivity (Wildman–Crippen MR) is 199 cm³/mol. The van der Waals surface area contributed by atoms with Gasteiger partial charge in [0, 0.05) is 13.1 Å². The number of imidazole rings is 2. The molecule has 2 saturated heterocycles. The van der Waals surface area contributed by atoms with Crippen molar-refractivity contribution in [1.82, 2.24) is 40.4 Å². The summed E-state index contributed by atoms with van der Waals surface area (Å²) in [5.41, 5.74) is 6.13. The molecule has 4 aromatic carbocycles. The van der Waals surface area contributed by atoms with Gasteiger partial charge in [-0.25, -0.2) is 19.6 Å². The molecule has 2 aromatic heterocycles. The maximum absolute atomic E-state index is 13.8. The summed E-state index contributed by atoms with van der Waals surface area (Å²) in [6.45, 7) is 0.977. The Bertz CT molecular complexity index is 2190. The monoisotopic (exact) mass is 726 g/mol. The maximum Gasteiger partial charge on any atom is 0.405 e. The fourth-order valence-corrected chi connectivity index (χ4v) is 7.81. The van der Waals surface area contributed by atoms with Gasteiger partial charge in [0.25, 0.3) is 11.8 Å². The number of carboxylic acid groups (broad SMARTS) is 2. The summed E-state index contributed by atoms with van der Waals surface area (Å²) in [6, 6.07) is 26.8. The van der Waals surface area contributed by atoms with Crippen LogP contribution in [0, 0.1) is 0 Å². The zero-order chi connectivity index (χ0) is 37.3. The summed E-state index contributed by atoms with van der Waals surface area (Å²) in [6.07, 6.45) is 0.370. The van der Waals surface area contributed by atoms with Crippen molar-refractivity contribution >= 4 is 46.1 Å². The van der Waals surface area contributed by atoms with Gasteiger partial charge in [-0.05, 0) is 72.2 Å². The molecule has 2 aliphatic heterocycles. The van der Waals surface area contributed by atoms with E-state index in [0.717, 1.165) is 46.0 Å². The number of H-pyrrole nitrogens is 2. The zero-order valence-corrected chi connectivity index (χ0v) is 29.1. The minimum absolute atomic E-state index is 0.322. The third-order valence-corrected chi connectivity index (χ3v) is 10.3. The Morgan fingerprint density at radius 1 is 0.611 bits per heavy atom. The Kier molecular flexibility index (Phi) is 9.15. The van der Waals surface area contributed by atoms with Crippen molar-refractivity contribution in [3.8, 4) is 11.1 Å². The van der Waals surface area contributed by atoms with Crippen LogP contribution in [0.25, 0.3) is 33.2 Å². The van der Waals surface area contributed by atoms with Crippen molar-refractivity contribution in [3.05, 3.63) is 120 Å². The average Bonchev–Trinajstić information content (AvgIpc) is 4.01. The highest BCUT2D eigenvalue weighted by atomic mass is 16.4. The summed E-state index contributed by atoms with van der Waals surface area (Å²) in [5, 5.41) is 23.8. The molecule has 0 saturated carbocycles. The molecule has 0 radical (unpaired) electrons. The molecule has 4 amide bonds. The lowest BCUT2D eigenvalue weighted by Gasteiger charge is -2.28.